The normalized spacial score (nSPS) is 16.9. The molecule has 1 aromatic rings. The number of pyridine rings is 1. The number of rotatable bonds is 5. The number of carbonyl (C=O) groups excluding carboxylic acids is 1. The van der Waals surface area contributed by atoms with Crippen LogP contribution in [0.25, 0.3) is 0 Å². The fourth-order valence-corrected chi connectivity index (χ4v) is 3.31. The number of nitrogens with zero attached hydrogens (tertiary/aromatic N) is 3. The average molecular weight is 378 g/mol. The monoisotopic (exact) mass is 377 g/mol. The van der Waals surface area contributed by atoms with Crippen LogP contribution >= 0.6 is 11.6 Å². The van der Waals surface area contributed by atoms with E-state index >= 15 is 0 Å². The summed E-state index contributed by atoms with van der Waals surface area (Å²) < 4.78 is 38.0. The van der Waals surface area contributed by atoms with Gasteiger partial charge in [-0.15, -0.1) is 0 Å². The van der Waals surface area contributed by atoms with Crippen molar-refractivity contribution in [1.82, 2.24) is 14.8 Å². The third-order valence-electron chi connectivity index (χ3n) is 4.63. The van der Waals surface area contributed by atoms with Crippen LogP contribution in [0, 0.1) is 5.92 Å². The highest BCUT2D eigenvalue weighted by Gasteiger charge is 2.32. The number of amides is 1. The Morgan fingerprint density at radius 2 is 1.92 bits per heavy atom. The second-order valence-electron chi connectivity index (χ2n) is 6.21. The molecule has 0 unspecified atom stereocenters. The lowest BCUT2D eigenvalue weighted by atomic mass is 9.95. The minimum Gasteiger partial charge on any atom is -0.343 e. The second-order valence-corrected chi connectivity index (χ2v) is 6.62. The zero-order valence-corrected chi connectivity index (χ0v) is 15.2. The lowest BCUT2D eigenvalue weighted by molar-refractivity contribution is -0.138. The van der Waals surface area contributed by atoms with Crippen LogP contribution < -0.4 is 0 Å². The topological polar surface area (TPSA) is 36.4 Å². The molecule has 1 aromatic heterocycles. The second kappa shape index (κ2) is 8.36. The molecule has 0 bridgehead atoms. The maximum atomic E-state index is 12.7. The molecular formula is C17H23ClF3N3O. The molecule has 2 heterocycles. The highest BCUT2D eigenvalue weighted by molar-refractivity contribution is 6.31. The third kappa shape index (κ3) is 5.07. The predicted molar refractivity (Wildman–Crippen MR) is 90.2 cm³/mol. The lowest BCUT2D eigenvalue weighted by Gasteiger charge is -2.33. The van der Waals surface area contributed by atoms with Gasteiger partial charge in [-0.1, -0.05) is 11.6 Å². The van der Waals surface area contributed by atoms with Gasteiger partial charge < -0.3 is 4.90 Å². The Bertz CT molecular complexity index is 597. The summed E-state index contributed by atoms with van der Waals surface area (Å²) in [6, 6.07) is 0.917. The molecule has 140 valence electrons. The first-order valence-electron chi connectivity index (χ1n) is 8.49. The number of likely N-dealkylation sites (tertiary alicyclic amines) is 1. The molecule has 0 N–H and O–H groups in total. The Balaban J connectivity index is 1.93. The van der Waals surface area contributed by atoms with Crippen molar-refractivity contribution >= 4 is 17.5 Å². The molecule has 2 rings (SSSR count). The highest BCUT2D eigenvalue weighted by atomic mass is 35.5. The first-order chi connectivity index (χ1) is 11.8. The highest BCUT2D eigenvalue weighted by Crippen LogP contribution is 2.31. The van der Waals surface area contributed by atoms with E-state index in [4.69, 9.17) is 11.6 Å². The molecule has 0 aromatic carbocycles. The largest absolute Gasteiger partial charge is 0.417 e. The first kappa shape index (κ1) is 20.0. The zero-order valence-electron chi connectivity index (χ0n) is 14.4. The Hall–Kier alpha value is -1.34. The van der Waals surface area contributed by atoms with Gasteiger partial charge in [0.25, 0.3) is 0 Å². The van der Waals surface area contributed by atoms with Crippen LogP contribution in [-0.2, 0) is 17.5 Å². The summed E-state index contributed by atoms with van der Waals surface area (Å²) in [5.41, 5.74) is -0.409. The number of halogens is 4. The molecule has 0 spiro atoms. The van der Waals surface area contributed by atoms with Crippen LogP contribution in [-0.4, -0.2) is 46.9 Å². The Labute approximate surface area is 151 Å². The van der Waals surface area contributed by atoms with Crippen molar-refractivity contribution in [3.8, 4) is 0 Å². The fraction of sp³-hybridized carbons (Fsp3) is 0.647. The summed E-state index contributed by atoms with van der Waals surface area (Å²) in [5, 5.41) is 0.0242. The van der Waals surface area contributed by atoms with Gasteiger partial charge in [-0.2, -0.15) is 13.2 Å². The lowest BCUT2D eigenvalue weighted by Crippen LogP contribution is -2.42. The molecular weight excluding hydrogens is 355 g/mol. The molecule has 25 heavy (non-hydrogen) atoms. The number of carbonyl (C=O) groups is 1. The van der Waals surface area contributed by atoms with Gasteiger partial charge in [0.15, 0.2) is 0 Å². The molecule has 4 nitrogen and oxygen atoms in total. The minimum atomic E-state index is -4.45. The molecule has 0 radical (unpaired) electrons. The number of aromatic nitrogens is 1. The van der Waals surface area contributed by atoms with Crippen molar-refractivity contribution in [1.29, 1.82) is 0 Å². The van der Waals surface area contributed by atoms with Gasteiger partial charge in [-0.3, -0.25) is 14.7 Å². The molecule has 0 aliphatic carbocycles. The van der Waals surface area contributed by atoms with Crippen LogP contribution in [0.3, 0.4) is 0 Å². The van der Waals surface area contributed by atoms with Crippen molar-refractivity contribution in [2.75, 3.05) is 26.2 Å². The van der Waals surface area contributed by atoms with E-state index in [1.54, 1.807) is 0 Å². The molecule has 1 saturated heterocycles. The number of piperidine rings is 1. The summed E-state index contributed by atoms with van der Waals surface area (Å²) >= 11 is 5.96. The van der Waals surface area contributed by atoms with E-state index in [2.05, 4.69) is 9.88 Å². The first-order valence-corrected chi connectivity index (χ1v) is 8.86. The molecule has 1 aliphatic heterocycles. The fourth-order valence-electron chi connectivity index (χ4n) is 3.08. The van der Waals surface area contributed by atoms with Gasteiger partial charge in [0.2, 0.25) is 5.91 Å². The van der Waals surface area contributed by atoms with Crippen LogP contribution in [0.15, 0.2) is 12.3 Å². The van der Waals surface area contributed by atoms with E-state index in [9.17, 15) is 18.0 Å². The van der Waals surface area contributed by atoms with Crippen LogP contribution in [0.1, 0.15) is 37.9 Å². The van der Waals surface area contributed by atoms with Crippen LogP contribution in [0.4, 0.5) is 13.2 Å². The maximum absolute atomic E-state index is 12.7. The SMILES string of the molecule is CCN(CC)C(=O)C1CCN(Cc2ncc(C(F)(F)F)cc2Cl)CC1. The Morgan fingerprint density at radius 3 is 2.40 bits per heavy atom. The van der Waals surface area contributed by atoms with E-state index < -0.39 is 11.7 Å². The summed E-state index contributed by atoms with van der Waals surface area (Å²) in [7, 11) is 0. The van der Waals surface area contributed by atoms with Gasteiger partial charge in [0, 0.05) is 31.7 Å². The predicted octanol–water partition coefficient (Wildman–Crippen LogP) is 3.83. The summed E-state index contributed by atoms with van der Waals surface area (Å²) in [5.74, 6) is 0.211. The summed E-state index contributed by atoms with van der Waals surface area (Å²) in [6.07, 6.45) is -2.14. The summed E-state index contributed by atoms with van der Waals surface area (Å²) in [6.45, 7) is 7.15. The number of hydrogen-bond acceptors (Lipinski definition) is 3. The van der Waals surface area contributed by atoms with Gasteiger partial charge >= 0.3 is 6.18 Å². The van der Waals surface area contributed by atoms with Crippen molar-refractivity contribution in [3.05, 3.63) is 28.5 Å². The minimum absolute atomic E-state index is 0.0205. The van der Waals surface area contributed by atoms with E-state index in [0.717, 1.165) is 25.1 Å². The third-order valence-corrected chi connectivity index (χ3v) is 4.96. The van der Waals surface area contributed by atoms with Crippen molar-refractivity contribution in [2.45, 2.75) is 39.4 Å². The number of hydrogen-bond donors (Lipinski definition) is 0. The zero-order chi connectivity index (χ0) is 18.6. The van der Waals surface area contributed by atoms with Gasteiger partial charge in [-0.25, -0.2) is 0 Å². The van der Waals surface area contributed by atoms with E-state index in [1.807, 2.05) is 18.7 Å². The van der Waals surface area contributed by atoms with E-state index in [0.29, 0.717) is 38.4 Å². The van der Waals surface area contributed by atoms with E-state index in [-0.39, 0.29) is 16.8 Å². The van der Waals surface area contributed by atoms with E-state index in [1.165, 1.54) is 0 Å². The maximum Gasteiger partial charge on any atom is 0.417 e. The molecule has 1 aliphatic rings. The molecule has 8 heteroatoms. The Morgan fingerprint density at radius 1 is 1.32 bits per heavy atom. The average Bonchev–Trinajstić information content (AvgIpc) is 2.57. The standard InChI is InChI=1S/C17H23ClF3N3O/c1-3-24(4-2)16(25)12-5-7-23(8-6-12)11-15-14(18)9-13(10-22-15)17(19,20)21/h9-10,12H,3-8,11H2,1-2H3. The smallest absolute Gasteiger partial charge is 0.343 e. The van der Waals surface area contributed by atoms with Crippen molar-refractivity contribution in [3.63, 3.8) is 0 Å². The van der Waals surface area contributed by atoms with Crippen LogP contribution in [0.5, 0.6) is 0 Å². The summed E-state index contributed by atoms with van der Waals surface area (Å²) in [4.78, 5) is 20.2. The number of alkyl halides is 3. The van der Waals surface area contributed by atoms with Gasteiger partial charge in [-0.05, 0) is 45.8 Å². The van der Waals surface area contributed by atoms with Gasteiger partial charge in [0.05, 0.1) is 16.3 Å². The van der Waals surface area contributed by atoms with Gasteiger partial charge in [0.1, 0.15) is 0 Å². The molecule has 0 atom stereocenters. The quantitative estimate of drug-likeness (QED) is 0.782. The molecule has 1 fully saturated rings. The van der Waals surface area contributed by atoms with Crippen LogP contribution in [0.2, 0.25) is 5.02 Å². The Kier molecular flexibility index (Phi) is 6.68. The van der Waals surface area contributed by atoms with Crippen molar-refractivity contribution in [2.24, 2.45) is 5.92 Å². The molecule has 0 saturated carbocycles. The van der Waals surface area contributed by atoms with Crippen molar-refractivity contribution < 1.29 is 18.0 Å². The molecule has 1 amide bonds.